The Bertz CT molecular complexity index is 898. The molecule has 0 aliphatic carbocycles. The van der Waals surface area contributed by atoms with E-state index in [-0.39, 0.29) is 24.1 Å². The molecule has 1 fully saturated rings. The number of carbonyl (C=O) groups excluding carboxylic acids is 3. The Labute approximate surface area is 161 Å². The van der Waals surface area contributed by atoms with Gasteiger partial charge in [-0.15, -0.1) is 11.8 Å². The summed E-state index contributed by atoms with van der Waals surface area (Å²) in [6.45, 7) is 0.736. The quantitative estimate of drug-likeness (QED) is 0.852. The third kappa shape index (κ3) is 3.83. The molecule has 2 N–H and O–H groups in total. The number of nitrogens with zero attached hydrogens (tertiary/aromatic N) is 1. The molecule has 3 amide bonds. The number of fused-ring (bicyclic) bond motifs is 1. The third-order valence-corrected chi connectivity index (χ3v) is 5.89. The summed E-state index contributed by atoms with van der Waals surface area (Å²) in [5.41, 5.74) is 2.28. The monoisotopic (exact) mass is 381 g/mol. The molecule has 0 unspecified atom stereocenters. The van der Waals surface area contributed by atoms with Gasteiger partial charge in [0.15, 0.2) is 0 Å². The number of hydrogen-bond acceptors (Lipinski definition) is 4. The van der Waals surface area contributed by atoms with Crippen molar-refractivity contribution in [3.8, 4) is 0 Å². The predicted molar refractivity (Wildman–Crippen MR) is 106 cm³/mol. The lowest BCUT2D eigenvalue weighted by Crippen LogP contribution is -2.32. The summed E-state index contributed by atoms with van der Waals surface area (Å²) >= 11 is 1.41. The van der Waals surface area contributed by atoms with E-state index >= 15 is 0 Å². The molecule has 2 aromatic rings. The highest BCUT2D eigenvalue weighted by atomic mass is 32.2. The van der Waals surface area contributed by atoms with Gasteiger partial charge in [-0.25, -0.2) is 0 Å². The van der Waals surface area contributed by atoms with Gasteiger partial charge < -0.3 is 15.5 Å². The largest absolute Gasteiger partial charge is 0.326 e. The second-order valence-electron chi connectivity index (χ2n) is 6.54. The summed E-state index contributed by atoms with van der Waals surface area (Å²) < 4.78 is 0. The molecule has 0 bridgehead atoms. The summed E-state index contributed by atoms with van der Waals surface area (Å²) in [4.78, 5) is 39.1. The van der Waals surface area contributed by atoms with Crippen LogP contribution in [0.3, 0.4) is 0 Å². The molecule has 138 valence electrons. The molecule has 27 heavy (non-hydrogen) atoms. The van der Waals surface area contributed by atoms with Gasteiger partial charge in [0.25, 0.3) is 0 Å². The van der Waals surface area contributed by atoms with Crippen LogP contribution in [0.25, 0.3) is 0 Å². The number of amides is 3. The number of anilines is 3. The molecule has 1 saturated heterocycles. The van der Waals surface area contributed by atoms with Crippen LogP contribution in [0.15, 0.2) is 53.4 Å². The van der Waals surface area contributed by atoms with Crippen LogP contribution in [0.2, 0.25) is 0 Å². The molecule has 0 saturated carbocycles. The summed E-state index contributed by atoms with van der Waals surface area (Å²) in [5.74, 6) is -0.240. The fourth-order valence-corrected chi connectivity index (χ4v) is 4.36. The number of para-hydroxylation sites is 1. The lowest BCUT2D eigenvalue weighted by Gasteiger charge is -2.23. The maximum Gasteiger partial charge on any atom is 0.238 e. The van der Waals surface area contributed by atoms with Gasteiger partial charge in [0, 0.05) is 35.7 Å². The second kappa shape index (κ2) is 7.44. The van der Waals surface area contributed by atoms with Gasteiger partial charge in [0.05, 0.1) is 10.9 Å². The summed E-state index contributed by atoms with van der Waals surface area (Å²) in [6.07, 6.45) is 1.56. The Morgan fingerprint density at radius 1 is 1.15 bits per heavy atom. The van der Waals surface area contributed by atoms with Gasteiger partial charge in [-0.05, 0) is 42.8 Å². The maximum atomic E-state index is 12.4. The fraction of sp³-hybridized carbons (Fsp3) is 0.250. The van der Waals surface area contributed by atoms with E-state index in [9.17, 15) is 14.4 Å². The molecule has 2 aliphatic heterocycles. The van der Waals surface area contributed by atoms with Crippen LogP contribution in [0.4, 0.5) is 17.1 Å². The topological polar surface area (TPSA) is 78.5 Å². The van der Waals surface area contributed by atoms with E-state index in [1.807, 2.05) is 36.4 Å². The predicted octanol–water partition coefficient (Wildman–Crippen LogP) is 3.26. The van der Waals surface area contributed by atoms with Gasteiger partial charge in [0.2, 0.25) is 17.7 Å². The van der Waals surface area contributed by atoms with Crippen molar-refractivity contribution in [1.82, 2.24) is 0 Å². The first-order valence-corrected chi connectivity index (χ1v) is 9.75. The molecular weight excluding hydrogens is 362 g/mol. The third-order valence-electron chi connectivity index (χ3n) is 4.61. The first kappa shape index (κ1) is 17.6. The highest BCUT2D eigenvalue weighted by Crippen LogP contribution is 2.36. The molecule has 0 aromatic heterocycles. The van der Waals surface area contributed by atoms with Crippen molar-refractivity contribution in [2.75, 3.05) is 22.1 Å². The molecule has 7 heteroatoms. The van der Waals surface area contributed by atoms with Crippen molar-refractivity contribution < 1.29 is 14.4 Å². The zero-order valence-corrected chi connectivity index (χ0v) is 15.4. The van der Waals surface area contributed by atoms with Gasteiger partial charge in [-0.3, -0.25) is 14.4 Å². The van der Waals surface area contributed by atoms with Crippen LogP contribution in [-0.2, 0) is 14.4 Å². The van der Waals surface area contributed by atoms with Gasteiger partial charge >= 0.3 is 0 Å². The van der Waals surface area contributed by atoms with Crippen LogP contribution >= 0.6 is 11.8 Å². The van der Waals surface area contributed by atoms with E-state index in [0.717, 1.165) is 29.2 Å². The van der Waals surface area contributed by atoms with Gasteiger partial charge in [0.1, 0.15) is 0 Å². The van der Waals surface area contributed by atoms with Crippen LogP contribution in [0.1, 0.15) is 19.3 Å². The molecule has 6 nitrogen and oxygen atoms in total. The molecular formula is C20H19N3O3S. The zero-order valence-electron chi connectivity index (χ0n) is 14.6. The highest BCUT2D eigenvalue weighted by Gasteiger charge is 2.29. The molecule has 2 aromatic carbocycles. The lowest BCUT2D eigenvalue weighted by molar-refractivity contribution is -0.120. The molecule has 2 aliphatic rings. The minimum Gasteiger partial charge on any atom is -0.326 e. The van der Waals surface area contributed by atoms with E-state index in [2.05, 4.69) is 10.6 Å². The van der Waals surface area contributed by atoms with Crippen molar-refractivity contribution in [3.63, 3.8) is 0 Å². The average molecular weight is 381 g/mol. The molecule has 1 atom stereocenters. The van der Waals surface area contributed by atoms with Gasteiger partial charge in [-0.2, -0.15) is 0 Å². The second-order valence-corrected chi connectivity index (χ2v) is 7.78. The van der Waals surface area contributed by atoms with Crippen molar-refractivity contribution in [3.05, 3.63) is 48.5 Å². The summed E-state index contributed by atoms with van der Waals surface area (Å²) in [5, 5.41) is 5.21. The smallest absolute Gasteiger partial charge is 0.238 e. The van der Waals surface area contributed by atoms with E-state index in [4.69, 9.17) is 0 Å². The van der Waals surface area contributed by atoms with E-state index in [0.29, 0.717) is 12.1 Å². The van der Waals surface area contributed by atoms with Crippen LogP contribution in [0, 0.1) is 0 Å². The van der Waals surface area contributed by atoms with Crippen molar-refractivity contribution in [2.45, 2.75) is 29.4 Å². The number of thioether (sulfide) groups is 1. The fourth-order valence-electron chi connectivity index (χ4n) is 3.25. The van der Waals surface area contributed by atoms with Crippen LogP contribution in [-0.4, -0.2) is 29.5 Å². The van der Waals surface area contributed by atoms with Crippen molar-refractivity contribution >= 4 is 46.5 Å². The Hall–Kier alpha value is -2.80. The number of rotatable bonds is 4. The van der Waals surface area contributed by atoms with Crippen LogP contribution in [0.5, 0.6) is 0 Å². The van der Waals surface area contributed by atoms with Crippen molar-refractivity contribution in [1.29, 1.82) is 0 Å². The number of hydrogen-bond donors (Lipinski definition) is 2. The number of benzene rings is 2. The SMILES string of the molecule is O=C(C[C@@H]1Sc2ccccc2NC1=O)Nc1ccc(N2CCCC2=O)cc1. The summed E-state index contributed by atoms with van der Waals surface area (Å²) in [7, 11) is 0. The average Bonchev–Trinajstić information content (AvgIpc) is 3.09. The standard InChI is InChI=1S/C20H19N3O3S/c24-18(12-17-20(26)22-15-4-1-2-5-16(15)27-17)21-13-7-9-14(10-8-13)23-11-3-6-19(23)25/h1-2,4-5,7-10,17H,3,6,11-12H2,(H,21,24)(H,22,26)/t17-/m0/s1. The number of carbonyl (C=O) groups is 3. The minimum atomic E-state index is -0.457. The van der Waals surface area contributed by atoms with E-state index in [1.165, 1.54) is 11.8 Å². The molecule has 4 rings (SSSR count). The zero-order chi connectivity index (χ0) is 18.8. The normalized spacial score (nSPS) is 18.8. The minimum absolute atomic E-state index is 0.0944. The highest BCUT2D eigenvalue weighted by molar-refractivity contribution is 8.01. The summed E-state index contributed by atoms with van der Waals surface area (Å²) in [6, 6.07) is 14.8. The van der Waals surface area contributed by atoms with Crippen molar-refractivity contribution in [2.24, 2.45) is 0 Å². The Morgan fingerprint density at radius 3 is 2.67 bits per heavy atom. The van der Waals surface area contributed by atoms with E-state index in [1.54, 1.807) is 17.0 Å². The number of nitrogens with one attached hydrogen (secondary N) is 2. The Balaban J connectivity index is 1.37. The van der Waals surface area contributed by atoms with Gasteiger partial charge in [-0.1, -0.05) is 12.1 Å². The maximum absolute atomic E-state index is 12.4. The molecule has 0 radical (unpaired) electrons. The Morgan fingerprint density at radius 2 is 1.93 bits per heavy atom. The Kier molecular flexibility index (Phi) is 4.85. The van der Waals surface area contributed by atoms with Crippen LogP contribution < -0.4 is 15.5 Å². The first-order chi connectivity index (χ1) is 13.1. The first-order valence-electron chi connectivity index (χ1n) is 8.87. The molecule has 0 spiro atoms. The lowest BCUT2D eigenvalue weighted by atomic mass is 10.2. The molecule has 2 heterocycles. The van der Waals surface area contributed by atoms with E-state index < -0.39 is 5.25 Å².